The van der Waals surface area contributed by atoms with Crippen LogP contribution >= 0.6 is 0 Å². The van der Waals surface area contributed by atoms with Crippen LogP contribution in [0.25, 0.3) is 127 Å². The zero-order chi connectivity index (χ0) is 38.6. The maximum Gasteiger partial charge on any atom is 0.180 e. The first-order valence-electron chi connectivity index (χ1n) is 19.8. The molecule has 13 aromatic rings. The summed E-state index contributed by atoms with van der Waals surface area (Å²) >= 11 is 0. The second-order valence-corrected chi connectivity index (χ2v) is 15.1. The summed E-state index contributed by atoms with van der Waals surface area (Å²) in [5, 5.41) is 9.98. The quantitative estimate of drug-likeness (QED) is 0.179. The van der Waals surface area contributed by atoms with E-state index in [2.05, 4.69) is 144 Å². The first-order chi connectivity index (χ1) is 29.3. The third-order valence-corrected chi connectivity index (χ3v) is 11.8. The first-order valence-corrected chi connectivity index (χ1v) is 19.8. The van der Waals surface area contributed by atoms with Crippen LogP contribution in [0.3, 0.4) is 0 Å². The first kappa shape index (κ1) is 32.0. The number of pyridine rings is 1. The zero-order valence-electron chi connectivity index (χ0n) is 31.4. The van der Waals surface area contributed by atoms with Gasteiger partial charge in [-0.3, -0.25) is 4.57 Å². The molecule has 5 aromatic heterocycles. The average Bonchev–Trinajstić information content (AvgIpc) is 4.00. The maximum atomic E-state index is 6.89. The fourth-order valence-corrected chi connectivity index (χ4v) is 9.21. The lowest BCUT2D eigenvalue weighted by molar-refractivity contribution is 0.667. The van der Waals surface area contributed by atoms with Gasteiger partial charge in [-0.15, -0.1) is 0 Å². The molecule has 0 fully saturated rings. The second kappa shape index (κ2) is 12.2. The van der Waals surface area contributed by atoms with Crippen molar-refractivity contribution >= 4 is 87.4 Å². The molecule has 0 saturated carbocycles. The number of nitrogens with zero attached hydrogens (tertiary/aromatic N) is 4. The summed E-state index contributed by atoms with van der Waals surface area (Å²) in [6.07, 6.45) is 1.86. The third kappa shape index (κ3) is 4.65. The highest BCUT2D eigenvalue weighted by atomic mass is 16.3. The predicted molar refractivity (Wildman–Crippen MR) is 240 cm³/mol. The summed E-state index contributed by atoms with van der Waals surface area (Å²) in [6.45, 7) is 0. The van der Waals surface area contributed by atoms with Crippen LogP contribution in [0.5, 0.6) is 0 Å². The highest BCUT2D eigenvalue weighted by Gasteiger charge is 2.25. The molecule has 0 spiro atoms. The number of furan rings is 2. The van der Waals surface area contributed by atoms with Gasteiger partial charge in [-0.05, 0) is 57.6 Å². The highest BCUT2D eigenvalue weighted by Crippen LogP contribution is 2.47. The van der Waals surface area contributed by atoms with Crippen molar-refractivity contribution < 1.29 is 8.83 Å². The molecule has 0 atom stereocenters. The number of aromatic nitrogens is 4. The number of hydrogen-bond donors (Lipinski definition) is 0. The van der Waals surface area contributed by atoms with Crippen LogP contribution in [0.15, 0.2) is 191 Å². The molecule has 6 nitrogen and oxygen atoms in total. The maximum absolute atomic E-state index is 6.89. The van der Waals surface area contributed by atoms with Gasteiger partial charge in [-0.2, -0.15) is 0 Å². The Bertz CT molecular complexity index is 3840. The smallest absolute Gasteiger partial charge is 0.180 e. The fourth-order valence-electron chi connectivity index (χ4n) is 9.21. The van der Waals surface area contributed by atoms with Crippen LogP contribution in [-0.2, 0) is 0 Å². The van der Waals surface area contributed by atoms with E-state index in [4.69, 9.17) is 23.8 Å². The van der Waals surface area contributed by atoms with Crippen LogP contribution in [0.2, 0.25) is 0 Å². The molecule has 274 valence electrons. The van der Waals surface area contributed by atoms with Gasteiger partial charge in [-0.25, -0.2) is 15.0 Å². The number of hydrogen-bond acceptors (Lipinski definition) is 5. The molecular formula is C53H30N4O2. The topological polar surface area (TPSA) is 69.9 Å². The van der Waals surface area contributed by atoms with Crippen LogP contribution in [0.1, 0.15) is 0 Å². The Kier molecular flexibility index (Phi) is 6.63. The van der Waals surface area contributed by atoms with Crippen molar-refractivity contribution in [2.75, 3.05) is 0 Å². The van der Waals surface area contributed by atoms with E-state index in [9.17, 15) is 0 Å². The Hall–Kier alpha value is -8.09. The monoisotopic (exact) mass is 754 g/mol. The van der Waals surface area contributed by atoms with Gasteiger partial charge >= 0.3 is 0 Å². The van der Waals surface area contributed by atoms with E-state index in [0.29, 0.717) is 11.4 Å². The van der Waals surface area contributed by atoms with Gasteiger partial charge in [-0.1, -0.05) is 146 Å². The lowest BCUT2D eigenvalue weighted by Crippen LogP contribution is -2.00. The predicted octanol–water partition coefficient (Wildman–Crippen LogP) is 14.1. The largest absolute Gasteiger partial charge is 0.454 e. The van der Waals surface area contributed by atoms with Crippen LogP contribution in [-0.4, -0.2) is 19.5 Å². The minimum Gasteiger partial charge on any atom is -0.454 e. The van der Waals surface area contributed by atoms with Crippen molar-refractivity contribution in [2.45, 2.75) is 0 Å². The summed E-state index contributed by atoms with van der Waals surface area (Å²) in [6, 6.07) is 61.1. The van der Waals surface area contributed by atoms with Gasteiger partial charge in [0, 0.05) is 49.6 Å². The van der Waals surface area contributed by atoms with Gasteiger partial charge in [0.2, 0.25) is 0 Å². The minimum absolute atomic E-state index is 0.583. The Morgan fingerprint density at radius 3 is 1.85 bits per heavy atom. The van der Waals surface area contributed by atoms with Crippen molar-refractivity contribution in [1.29, 1.82) is 0 Å². The van der Waals surface area contributed by atoms with Gasteiger partial charge in [0.25, 0.3) is 0 Å². The average molecular weight is 755 g/mol. The Morgan fingerprint density at radius 1 is 0.407 bits per heavy atom. The highest BCUT2D eigenvalue weighted by molar-refractivity contribution is 6.36. The van der Waals surface area contributed by atoms with Gasteiger partial charge in [0.05, 0.1) is 11.0 Å². The molecule has 0 radical (unpaired) electrons. The molecule has 0 N–H and O–H groups in total. The van der Waals surface area contributed by atoms with Crippen molar-refractivity contribution in [3.63, 3.8) is 0 Å². The molecule has 13 rings (SSSR count). The SMILES string of the molecule is c1ccc(-c2ccc(-c3nc(-c4ccnc(-n5c6c7ccccc7ccc6c6c7ccccc7c7c8ccccc8oc7c65)c4)nc4c3oc3ccccc34)cc2)cc1. The van der Waals surface area contributed by atoms with E-state index in [1.54, 1.807) is 0 Å². The lowest BCUT2D eigenvalue weighted by Gasteiger charge is -2.12. The molecule has 0 amide bonds. The summed E-state index contributed by atoms with van der Waals surface area (Å²) in [7, 11) is 0. The standard InChI is InChI=1S/C53H30N4O2/c1-2-12-31(13-3-1)32-22-24-34(25-23-32)47-52-48(40-19-9-11-21-43(40)59-52)56-53(55-47)35-28-29-54-44(30-35)57-49-36-15-5-4-14-33(36)26-27-41(49)45-37-16-6-7-17-38(37)46-39-18-8-10-20-42(39)58-51(46)50(45)57/h1-30H. The summed E-state index contributed by atoms with van der Waals surface area (Å²) < 4.78 is 15.7. The van der Waals surface area contributed by atoms with Crippen molar-refractivity contribution in [3.8, 4) is 39.6 Å². The van der Waals surface area contributed by atoms with Gasteiger partial charge < -0.3 is 8.83 Å². The summed E-state index contributed by atoms with van der Waals surface area (Å²) in [4.78, 5) is 15.7. The van der Waals surface area contributed by atoms with E-state index < -0.39 is 0 Å². The van der Waals surface area contributed by atoms with Crippen LogP contribution in [0, 0.1) is 0 Å². The summed E-state index contributed by atoms with van der Waals surface area (Å²) in [5.41, 5.74) is 10.7. The zero-order valence-corrected chi connectivity index (χ0v) is 31.4. The van der Waals surface area contributed by atoms with E-state index in [-0.39, 0.29) is 0 Å². The lowest BCUT2D eigenvalue weighted by atomic mass is 9.98. The number of fused-ring (bicyclic) bond motifs is 15. The molecule has 0 aliphatic carbocycles. The molecule has 6 heteroatoms. The molecule has 0 bridgehead atoms. The minimum atomic E-state index is 0.583. The third-order valence-electron chi connectivity index (χ3n) is 11.8. The Labute approximate surface area is 336 Å². The normalized spacial score (nSPS) is 12.1. The van der Waals surface area contributed by atoms with Crippen molar-refractivity contribution in [3.05, 3.63) is 182 Å². The number of benzene rings is 8. The second-order valence-electron chi connectivity index (χ2n) is 15.1. The molecule has 0 unspecified atom stereocenters. The van der Waals surface area contributed by atoms with Gasteiger partial charge in [0.1, 0.15) is 28.2 Å². The molecule has 8 aromatic carbocycles. The molecule has 0 saturated heterocycles. The molecule has 0 aliphatic rings. The summed E-state index contributed by atoms with van der Waals surface area (Å²) in [5.74, 6) is 1.32. The van der Waals surface area contributed by atoms with Crippen LogP contribution < -0.4 is 0 Å². The van der Waals surface area contributed by atoms with Crippen LogP contribution in [0.4, 0.5) is 0 Å². The van der Waals surface area contributed by atoms with E-state index in [0.717, 1.165) is 110 Å². The van der Waals surface area contributed by atoms with Crippen molar-refractivity contribution in [1.82, 2.24) is 19.5 Å². The van der Waals surface area contributed by atoms with E-state index >= 15 is 0 Å². The number of rotatable bonds is 4. The molecule has 0 aliphatic heterocycles. The Morgan fingerprint density at radius 2 is 1.03 bits per heavy atom. The van der Waals surface area contributed by atoms with Gasteiger partial charge in [0.15, 0.2) is 17.0 Å². The molecular weight excluding hydrogens is 725 g/mol. The molecule has 5 heterocycles. The van der Waals surface area contributed by atoms with E-state index in [1.807, 2.05) is 42.6 Å². The van der Waals surface area contributed by atoms with E-state index in [1.165, 1.54) is 5.39 Å². The Balaban J connectivity index is 1.10. The van der Waals surface area contributed by atoms with Crippen molar-refractivity contribution in [2.24, 2.45) is 0 Å². The fraction of sp³-hybridized carbons (Fsp3) is 0. The molecule has 59 heavy (non-hydrogen) atoms. The number of para-hydroxylation sites is 2.